The molecule has 0 heterocycles. The van der Waals surface area contributed by atoms with Crippen molar-refractivity contribution in [3.63, 3.8) is 0 Å². The van der Waals surface area contributed by atoms with Crippen molar-refractivity contribution < 1.29 is 4.74 Å². The standard InChI is InChI=1S/C12H22N2O/c1-15-10-7-12(5-6-12)11-14-9-4-2-3-8-13/h14H,2-7,9-11H2,1H3. The van der Waals surface area contributed by atoms with Gasteiger partial charge in [0, 0.05) is 26.7 Å². The number of nitriles is 1. The summed E-state index contributed by atoms with van der Waals surface area (Å²) in [6.45, 7) is 3.06. The Bertz CT molecular complexity index is 206. The molecule has 0 saturated heterocycles. The first-order valence-electron chi connectivity index (χ1n) is 5.90. The number of rotatable bonds is 9. The number of nitrogens with one attached hydrogen (secondary N) is 1. The molecule has 3 nitrogen and oxygen atoms in total. The fourth-order valence-corrected chi connectivity index (χ4v) is 1.82. The summed E-state index contributed by atoms with van der Waals surface area (Å²) in [7, 11) is 1.77. The lowest BCUT2D eigenvalue weighted by Crippen LogP contribution is -2.25. The van der Waals surface area contributed by atoms with Crippen LogP contribution in [0.2, 0.25) is 0 Å². The molecule has 0 aromatic heterocycles. The number of hydrogen-bond acceptors (Lipinski definition) is 3. The second kappa shape index (κ2) is 6.81. The molecule has 0 bridgehead atoms. The van der Waals surface area contributed by atoms with E-state index in [-0.39, 0.29) is 0 Å². The predicted octanol–water partition coefficient (Wildman–Crippen LogP) is 2.09. The van der Waals surface area contributed by atoms with Crippen LogP contribution in [0.5, 0.6) is 0 Å². The highest BCUT2D eigenvalue weighted by Gasteiger charge is 2.41. The maximum atomic E-state index is 8.37. The molecule has 1 saturated carbocycles. The van der Waals surface area contributed by atoms with E-state index in [2.05, 4.69) is 11.4 Å². The third-order valence-corrected chi connectivity index (χ3v) is 3.19. The number of methoxy groups -OCH3 is 1. The molecule has 0 unspecified atom stereocenters. The number of ether oxygens (including phenoxy) is 1. The maximum Gasteiger partial charge on any atom is 0.0621 e. The van der Waals surface area contributed by atoms with Gasteiger partial charge in [0.05, 0.1) is 6.07 Å². The van der Waals surface area contributed by atoms with Gasteiger partial charge in [-0.2, -0.15) is 5.26 Å². The van der Waals surface area contributed by atoms with Gasteiger partial charge in [0.15, 0.2) is 0 Å². The van der Waals surface area contributed by atoms with E-state index in [1.807, 2.05) is 0 Å². The third kappa shape index (κ3) is 5.15. The highest BCUT2D eigenvalue weighted by Crippen LogP contribution is 2.48. The van der Waals surface area contributed by atoms with Gasteiger partial charge in [-0.3, -0.25) is 0 Å². The average Bonchev–Trinajstić information content (AvgIpc) is 3.01. The molecule has 0 atom stereocenters. The van der Waals surface area contributed by atoms with Gasteiger partial charge in [-0.05, 0) is 44.1 Å². The maximum absolute atomic E-state index is 8.37. The van der Waals surface area contributed by atoms with Gasteiger partial charge in [-0.15, -0.1) is 0 Å². The second-order valence-corrected chi connectivity index (χ2v) is 4.53. The lowest BCUT2D eigenvalue weighted by molar-refractivity contribution is 0.171. The van der Waals surface area contributed by atoms with Crippen molar-refractivity contribution in [2.75, 3.05) is 26.8 Å². The van der Waals surface area contributed by atoms with Gasteiger partial charge in [0.2, 0.25) is 0 Å². The molecule has 0 aliphatic heterocycles. The zero-order chi connectivity index (χ0) is 11.0. The van der Waals surface area contributed by atoms with Gasteiger partial charge < -0.3 is 10.1 Å². The molecule has 0 aromatic carbocycles. The Hall–Kier alpha value is -0.590. The van der Waals surface area contributed by atoms with E-state index >= 15 is 0 Å². The fraction of sp³-hybridized carbons (Fsp3) is 0.917. The Morgan fingerprint density at radius 2 is 2.20 bits per heavy atom. The number of hydrogen-bond donors (Lipinski definition) is 1. The molecule has 0 aromatic rings. The van der Waals surface area contributed by atoms with Crippen LogP contribution in [0.4, 0.5) is 0 Å². The van der Waals surface area contributed by atoms with Crippen molar-refractivity contribution in [2.24, 2.45) is 5.41 Å². The molecule has 86 valence electrons. The summed E-state index contributed by atoms with van der Waals surface area (Å²) in [5.74, 6) is 0. The second-order valence-electron chi connectivity index (χ2n) is 4.53. The Kier molecular flexibility index (Phi) is 5.67. The van der Waals surface area contributed by atoms with Crippen molar-refractivity contribution in [3.8, 4) is 6.07 Å². The minimum absolute atomic E-state index is 0.547. The van der Waals surface area contributed by atoms with Crippen LogP contribution in [0.25, 0.3) is 0 Å². The molecule has 1 N–H and O–H groups in total. The summed E-state index contributed by atoms with van der Waals surface area (Å²) >= 11 is 0. The Labute approximate surface area is 92.8 Å². The SMILES string of the molecule is COCCC1(CNCCCCC#N)CC1. The van der Waals surface area contributed by atoms with Crippen LogP contribution in [0.15, 0.2) is 0 Å². The van der Waals surface area contributed by atoms with E-state index in [9.17, 15) is 0 Å². The molecule has 15 heavy (non-hydrogen) atoms. The quantitative estimate of drug-likeness (QED) is 0.593. The Balaban J connectivity index is 1.93. The van der Waals surface area contributed by atoms with Crippen LogP contribution in [-0.4, -0.2) is 26.8 Å². The minimum Gasteiger partial charge on any atom is -0.385 e. The van der Waals surface area contributed by atoms with Gasteiger partial charge in [0.25, 0.3) is 0 Å². The molecule has 1 aliphatic carbocycles. The van der Waals surface area contributed by atoms with Gasteiger partial charge in [-0.25, -0.2) is 0 Å². The molecule has 3 heteroatoms. The van der Waals surface area contributed by atoms with Gasteiger partial charge in [0.1, 0.15) is 0 Å². The van der Waals surface area contributed by atoms with Crippen molar-refractivity contribution in [1.29, 1.82) is 5.26 Å². The van der Waals surface area contributed by atoms with Crippen molar-refractivity contribution >= 4 is 0 Å². The third-order valence-electron chi connectivity index (χ3n) is 3.19. The molecule has 1 aliphatic rings. The molecule has 0 spiro atoms. The molecular formula is C12H22N2O. The topological polar surface area (TPSA) is 45.0 Å². The summed E-state index contributed by atoms with van der Waals surface area (Å²) < 4.78 is 5.11. The van der Waals surface area contributed by atoms with Crippen molar-refractivity contribution in [1.82, 2.24) is 5.32 Å². The van der Waals surface area contributed by atoms with E-state index in [1.165, 1.54) is 19.3 Å². The highest BCUT2D eigenvalue weighted by molar-refractivity contribution is 4.94. The first kappa shape index (κ1) is 12.5. The zero-order valence-electron chi connectivity index (χ0n) is 9.72. The van der Waals surface area contributed by atoms with Crippen LogP contribution in [-0.2, 0) is 4.74 Å². The van der Waals surface area contributed by atoms with Crippen molar-refractivity contribution in [2.45, 2.75) is 38.5 Å². The largest absolute Gasteiger partial charge is 0.385 e. The Morgan fingerprint density at radius 1 is 1.40 bits per heavy atom. The smallest absolute Gasteiger partial charge is 0.0621 e. The molecule has 0 radical (unpaired) electrons. The van der Waals surface area contributed by atoms with E-state index < -0.39 is 0 Å². The number of nitrogens with zero attached hydrogens (tertiary/aromatic N) is 1. The van der Waals surface area contributed by atoms with Gasteiger partial charge >= 0.3 is 0 Å². The van der Waals surface area contributed by atoms with E-state index in [1.54, 1.807) is 7.11 Å². The summed E-state index contributed by atoms with van der Waals surface area (Å²) in [6, 6.07) is 2.17. The zero-order valence-corrected chi connectivity index (χ0v) is 9.72. The average molecular weight is 210 g/mol. The van der Waals surface area contributed by atoms with E-state index in [0.29, 0.717) is 11.8 Å². The lowest BCUT2D eigenvalue weighted by Gasteiger charge is -2.15. The minimum atomic E-state index is 0.547. The van der Waals surface area contributed by atoms with E-state index in [4.69, 9.17) is 10.00 Å². The fourth-order valence-electron chi connectivity index (χ4n) is 1.82. The van der Waals surface area contributed by atoms with Crippen LogP contribution in [0.3, 0.4) is 0 Å². The van der Waals surface area contributed by atoms with Crippen LogP contribution < -0.4 is 5.32 Å². The summed E-state index contributed by atoms with van der Waals surface area (Å²) in [6.07, 6.45) is 6.72. The highest BCUT2D eigenvalue weighted by atomic mass is 16.5. The Morgan fingerprint density at radius 3 is 2.80 bits per heavy atom. The summed E-state index contributed by atoms with van der Waals surface area (Å²) in [4.78, 5) is 0. The number of unbranched alkanes of at least 4 members (excludes halogenated alkanes) is 2. The first-order valence-corrected chi connectivity index (χ1v) is 5.90. The molecule has 1 rings (SSSR count). The molecule has 1 fully saturated rings. The van der Waals surface area contributed by atoms with Crippen LogP contribution in [0, 0.1) is 16.7 Å². The van der Waals surface area contributed by atoms with Crippen LogP contribution in [0.1, 0.15) is 38.5 Å². The van der Waals surface area contributed by atoms with Crippen LogP contribution >= 0.6 is 0 Å². The lowest BCUT2D eigenvalue weighted by atomic mass is 10.0. The molecular weight excluding hydrogens is 188 g/mol. The monoisotopic (exact) mass is 210 g/mol. The predicted molar refractivity (Wildman–Crippen MR) is 60.5 cm³/mol. The first-order chi connectivity index (χ1) is 7.33. The molecule has 0 amide bonds. The van der Waals surface area contributed by atoms with E-state index in [0.717, 1.165) is 32.5 Å². The summed E-state index contributed by atoms with van der Waals surface area (Å²) in [5.41, 5.74) is 0.547. The van der Waals surface area contributed by atoms with Gasteiger partial charge in [-0.1, -0.05) is 0 Å². The van der Waals surface area contributed by atoms with Crippen molar-refractivity contribution in [3.05, 3.63) is 0 Å². The summed E-state index contributed by atoms with van der Waals surface area (Å²) in [5, 5.41) is 11.9. The normalized spacial score (nSPS) is 17.3.